The maximum Gasteiger partial charge on any atom is 0.206 e. The molecule has 0 unspecified atom stereocenters. The highest BCUT2D eigenvalue weighted by Gasteiger charge is 2.24. The Bertz CT molecular complexity index is 1000. The number of thiazole rings is 1. The molecule has 3 rings (SSSR count). The van der Waals surface area contributed by atoms with Crippen molar-refractivity contribution in [2.24, 2.45) is 0 Å². The summed E-state index contributed by atoms with van der Waals surface area (Å²) in [4.78, 5) is 20.6. The van der Waals surface area contributed by atoms with Gasteiger partial charge >= 0.3 is 0 Å². The molecule has 0 bridgehead atoms. The van der Waals surface area contributed by atoms with E-state index in [1.54, 1.807) is 48.6 Å². The third-order valence-corrected chi connectivity index (χ3v) is 5.72. The van der Waals surface area contributed by atoms with Gasteiger partial charge in [0.15, 0.2) is 5.13 Å². The third-order valence-electron chi connectivity index (χ3n) is 4.03. The van der Waals surface area contributed by atoms with Crippen LogP contribution in [0.3, 0.4) is 0 Å². The first-order valence-electron chi connectivity index (χ1n) is 8.58. The fourth-order valence-corrected chi connectivity index (χ4v) is 4.12. The first kappa shape index (κ1) is 20.3. The molecular formula is C22H18Cl2N2OS. The second kappa shape index (κ2) is 9.20. The Balaban J connectivity index is 2.14. The molecule has 6 heteroatoms. The molecule has 0 aliphatic heterocycles. The lowest BCUT2D eigenvalue weighted by Crippen LogP contribution is -2.22. The maximum absolute atomic E-state index is 13.3. The number of ketones is 1. The summed E-state index contributed by atoms with van der Waals surface area (Å²) in [5.74, 6) is -0.156. The van der Waals surface area contributed by atoms with Gasteiger partial charge in [-0.3, -0.25) is 4.79 Å². The Morgan fingerprint density at radius 1 is 1.04 bits per heavy atom. The van der Waals surface area contributed by atoms with Crippen molar-refractivity contribution >= 4 is 45.5 Å². The van der Waals surface area contributed by atoms with Crippen molar-refractivity contribution in [3.8, 4) is 11.3 Å². The summed E-state index contributed by atoms with van der Waals surface area (Å²) in [6.07, 6.45) is 3.59. The number of carbonyl (C=O) groups excluding carboxylic acids is 1. The Morgan fingerprint density at radius 2 is 1.68 bits per heavy atom. The molecule has 0 atom stereocenters. The zero-order valence-electron chi connectivity index (χ0n) is 15.1. The van der Waals surface area contributed by atoms with Gasteiger partial charge in [-0.1, -0.05) is 71.0 Å². The van der Waals surface area contributed by atoms with E-state index in [0.29, 0.717) is 39.3 Å². The van der Waals surface area contributed by atoms with E-state index >= 15 is 0 Å². The minimum atomic E-state index is -0.156. The smallest absolute Gasteiger partial charge is 0.206 e. The predicted molar refractivity (Wildman–Crippen MR) is 120 cm³/mol. The molecule has 0 radical (unpaired) electrons. The van der Waals surface area contributed by atoms with Crippen LogP contribution in [0.5, 0.6) is 0 Å². The third kappa shape index (κ3) is 4.36. The summed E-state index contributed by atoms with van der Waals surface area (Å²) in [5.41, 5.74) is 1.88. The number of aromatic nitrogens is 1. The van der Waals surface area contributed by atoms with Crippen LogP contribution in [0.2, 0.25) is 10.0 Å². The molecule has 0 amide bonds. The first-order valence-corrected chi connectivity index (χ1v) is 10.1. The topological polar surface area (TPSA) is 33.2 Å². The molecule has 2 aromatic carbocycles. The van der Waals surface area contributed by atoms with Gasteiger partial charge in [-0.05, 0) is 24.3 Å². The first-order chi connectivity index (χ1) is 13.5. The van der Waals surface area contributed by atoms with Gasteiger partial charge in [0.1, 0.15) is 4.88 Å². The van der Waals surface area contributed by atoms with Crippen LogP contribution in [0, 0.1) is 0 Å². The normalized spacial score (nSPS) is 10.5. The van der Waals surface area contributed by atoms with Crippen molar-refractivity contribution in [1.29, 1.82) is 0 Å². The SMILES string of the molecule is C=CCN(CC=C)c1nc(-c2ccc(Cl)cc2)c(C(=O)c2ccccc2Cl)s1. The van der Waals surface area contributed by atoms with E-state index in [1.165, 1.54) is 11.3 Å². The van der Waals surface area contributed by atoms with E-state index in [4.69, 9.17) is 28.2 Å². The van der Waals surface area contributed by atoms with Crippen molar-refractivity contribution in [1.82, 2.24) is 4.98 Å². The average molecular weight is 429 g/mol. The molecule has 0 saturated heterocycles. The van der Waals surface area contributed by atoms with Crippen molar-refractivity contribution < 1.29 is 4.79 Å². The monoisotopic (exact) mass is 428 g/mol. The van der Waals surface area contributed by atoms with E-state index in [-0.39, 0.29) is 5.78 Å². The minimum absolute atomic E-state index is 0.156. The number of anilines is 1. The van der Waals surface area contributed by atoms with Gasteiger partial charge in [0.2, 0.25) is 5.78 Å². The van der Waals surface area contributed by atoms with Gasteiger partial charge in [0.05, 0.1) is 10.7 Å². The summed E-state index contributed by atoms with van der Waals surface area (Å²) < 4.78 is 0. The molecule has 0 aliphatic rings. The number of hydrogen-bond acceptors (Lipinski definition) is 4. The number of rotatable bonds is 8. The van der Waals surface area contributed by atoms with Gasteiger partial charge in [0, 0.05) is 29.2 Å². The van der Waals surface area contributed by atoms with Crippen molar-refractivity contribution in [3.63, 3.8) is 0 Å². The van der Waals surface area contributed by atoms with E-state index in [2.05, 4.69) is 13.2 Å². The standard InChI is InChI=1S/C22H18Cl2N2OS/c1-3-13-26(14-4-2)22-25-19(15-9-11-16(23)12-10-15)21(28-22)20(27)17-7-5-6-8-18(17)24/h3-12H,1-2,13-14H2. The van der Waals surface area contributed by atoms with E-state index in [9.17, 15) is 4.79 Å². The second-order valence-corrected chi connectivity index (χ2v) is 7.79. The summed E-state index contributed by atoms with van der Waals surface area (Å²) in [6.45, 7) is 8.80. The van der Waals surface area contributed by atoms with Gasteiger partial charge in [0.25, 0.3) is 0 Å². The zero-order chi connectivity index (χ0) is 20.1. The Hall–Kier alpha value is -2.40. The van der Waals surface area contributed by atoms with E-state index in [1.807, 2.05) is 17.0 Å². The van der Waals surface area contributed by atoms with E-state index < -0.39 is 0 Å². The van der Waals surface area contributed by atoms with Gasteiger partial charge in [-0.2, -0.15) is 0 Å². The molecule has 3 aromatic rings. The number of halogens is 2. The summed E-state index contributed by atoms with van der Waals surface area (Å²) in [6, 6.07) is 14.3. The molecule has 0 N–H and O–H groups in total. The summed E-state index contributed by atoms with van der Waals surface area (Å²) in [7, 11) is 0. The molecule has 28 heavy (non-hydrogen) atoms. The Morgan fingerprint density at radius 3 is 2.29 bits per heavy atom. The van der Waals surface area contributed by atoms with Crippen LogP contribution in [0.15, 0.2) is 73.8 Å². The fraction of sp³-hybridized carbons (Fsp3) is 0.0909. The number of benzene rings is 2. The predicted octanol–water partition coefficient (Wildman–Crippen LogP) is 6.53. The molecule has 142 valence electrons. The zero-order valence-corrected chi connectivity index (χ0v) is 17.4. The molecule has 1 aromatic heterocycles. The fourth-order valence-electron chi connectivity index (χ4n) is 2.71. The second-order valence-electron chi connectivity index (χ2n) is 5.97. The van der Waals surface area contributed by atoms with Crippen molar-refractivity contribution in [2.75, 3.05) is 18.0 Å². The van der Waals surface area contributed by atoms with Crippen LogP contribution in [0.4, 0.5) is 5.13 Å². The Labute approximate surface area is 178 Å². The van der Waals surface area contributed by atoms with Crippen LogP contribution < -0.4 is 4.90 Å². The lowest BCUT2D eigenvalue weighted by molar-refractivity contribution is 0.104. The summed E-state index contributed by atoms with van der Waals surface area (Å²) >= 11 is 13.6. The molecule has 1 heterocycles. The number of nitrogens with zero attached hydrogens (tertiary/aromatic N) is 2. The van der Waals surface area contributed by atoms with Crippen LogP contribution >= 0.6 is 34.5 Å². The van der Waals surface area contributed by atoms with Gasteiger partial charge in [-0.15, -0.1) is 13.2 Å². The molecule has 0 aliphatic carbocycles. The molecular weight excluding hydrogens is 411 g/mol. The highest BCUT2D eigenvalue weighted by Crippen LogP contribution is 2.36. The Kier molecular flexibility index (Phi) is 6.68. The van der Waals surface area contributed by atoms with Crippen molar-refractivity contribution in [2.45, 2.75) is 0 Å². The molecule has 3 nitrogen and oxygen atoms in total. The van der Waals surface area contributed by atoms with Crippen molar-refractivity contribution in [3.05, 3.63) is 94.3 Å². The van der Waals surface area contributed by atoms with Gasteiger partial charge < -0.3 is 4.90 Å². The number of hydrogen-bond donors (Lipinski definition) is 0. The lowest BCUT2D eigenvalue weighted by Gasteiger charge is -2.17. The largest absolute Gasteiger partial charge is 0.341 e. The van der Waals surface area contributed by atoms with Gasteiger partial charge in [-0.25, -0.2) is 4.98 Å². The lowest BCUT2D eigenvalue weighted by atomic mass is 10.1. The van der Waals surface area contributed by atoms with Crippen LogP contribution in [-0.2, 0) is 0 Å². The average Bonchev–Trinajstić information content (AvgIpc) is 3.13. The summed E-state index contributed by atoms with van der Waals surface area (Å²) in [5, 5.41) is 1.76. The highest BCUT2D eigenvalue weighted by molar-refractivity contribution is 7.18. The van der Waals surface area contributed by atoms with Crippen LogP contribution in [0.1, 0.15) is 15.2 Å². The highest BCUT2D eigenvalue weighted by atomic mass is 35.5. The molecule has 0 saturated carbocycles. The quantitative estimate of drug-likeness (QED) is 0.302. The van der Waals surface area contributed by atoms with Crippen LogP contribution in [-0.4, -0.2) is 23.9 Å². The molecule has 0 spiro atoms. The van der Waals surface area contributed by atoms with Crippen LogP contribution in [0.25, 0.3) is 11.3 Å². The van der Waals surface area contributed by atoms with E-state index in [0.717, 1.165) is 10.7 Å². The molecule has 0 fully saturated rings. The maximum atomic E-state index is 13.3. The number of carbonyl (C=O) groups is 1. The minimum Gasteiger partial charge on any atom is -0.341 e.